The van der Waals surface area contributed by atoms with Crippen LogP contribution in [0.1, 0.15) is 44.9 Å². The van der Waals surface area contributed by atoms with Gasteiger partial charge in [0.2, 0.25) is 0 Å². The summed E-state index contributed by atoms with van der Waals surface area (Å²) in [5, 5.41) is 9.26. The molecule has 2 rings (SSSR count). The van der Waals surface area contributed by atoms with E-state index >= 15 is 0 Å². The number of halogens is 1. The van der Waals surface area contributed by atoms with Gasteiger partial charge in [0.15, 0.2) is 0 Å². The average Bonchev–Trinajstić information content (AvgIpc) is 3.10. The second kappa shape index (κ2) is 4.74. The Bertz CT molecular complexity index is 552. The number of hydrogen-bond acceptors (Lipinski definition) is 3. The van der Waals surface area contributed by atoms with Gasteiger partial charge >= 0.3 is 0 Å². The number of hydrogen-bond donors (Lipinski definition) is 0. The first-order valence-electron chi connectivity index (χ1n) is 6.11. The van der Waals surface area contributed by atoms with E-state index in [1.54, 1.807) is 4.57 Å². The molecular formula is C13H16ClN3O. The van der Waals surface area contributed by atoms with Crippen LogP contribution in [-0.4, -0.2) is 9.55 Å². The van der Waals surface area contributed by atoms with Crippen LogP contribution >= 0.6 is 11.6 Å². The van der Waals surface area contributed by atoms with E-state index in [2.05, 4.69) is 11.1 Å². The van der Waals surface area contributed by atoms with Crippen molar-refractivity contribution in [2.24, 2.45) is 5.41 Å². The molecule has 0 atom stereocenters. The van der Waals surface area contributed by atoms with Crippen molar-refractivity contribution >= 4 is 11.6 Å². The molecule has 0 radical (unpaired) electrons. The Morgan fingerprint density at radius 2 is 2.28 bits per heavy atom. The van der Waals surface area contributed by atoms with Gasteiger partial charge in [-0.2, -0.15) is 5.26 Å². The van der Waals surface area contributed by atoms with Crippen LogP contribution in [0.5, 0.6) is 0 Å². The highest BCUT2D eigenvalue weighted by molar-refractivity contribution is 6.29. The van der Waals surface area contributed by atoms with Crippen molar-refractivity contribution in [2.45, 2.75) is 45.6 Å². The lowest BCUT2D eigenvalue weighted by Crippen LogP contribution is -2.26. The van der Waals surface area contributed by atoms with Gasteiger partial charge in [-0.1, -0.05) is 11.6 Å². The van der Waals surface area contributed by atoms with Gasteiger partial charge in [-0.05, 0) is 33.1 Å². The standard InChI is InChI=1S/C13H16ClN3O/c1-13(2,8-15)5-6-17-11(18)7-10(14)16-12(17)9-3-4-9/h7,9H,3-6H2,1-2H3. The highest BCUT2D eigenvalue weighted by Gasteiger charge is 2.29. The third kappa shape index (κ3) is 2.91. The zero-order valence-electron chi connectivity index (χ0n) is 10.6. The highest BCUT2D eigenvalue weighted by Crippen LogP contribution is 2.39. The molecule has 96 valence electrons. The van der Waals surface area contributed by atoms with E-state index in [9.17, 15) is 4.79 Å². The molecule has 0 unspecified atom stereocenters. The molecule has 1 fully saturated rings. The topological polar surface area (TPSA) is 58.7 Å². The maximum atomic E-state index is 12.0. The molecule has 0 N–H and O–H groups in total. The first-order valence-corrected chi connectivity index (χ1v) is 6.49. The summed E-state index contributed by atoms with van der Waals surface area (Å²) in [7, 11) is 0. The highest BCUT2D eigenvalue weighted by atomic mass is 35.5. The minimum atomic E-state index is -0.431. The molecule has 18 heavy (non-hydrogen) atoms. The van der Waals surface area contributed by atoms with Crippen LogP contribution in [0.15, 0.2) is 10.9 Å². The molecule has 0 bridgehead atoms. The number of aromatic nitrogens is 2. The van der Waals surface area contributed by atoms with Crippen LogP contribution in [0.4, 0.5) is 0 Å². The summed E-state index contributed by atoms with van der Waals surface area (Å²) in [6.45, 7) is 4.27. The van der Waals surface area contributed by atoms with Crippen molar-refractivity contribution in [1.82, 2.24) is 9.55 Å². The molecule has 5 heteroatoms. The van der Waals surface area contributed by atoms with Crippen LogP contribution in [0.2, 0.25) is 5.15 Å². The van der Waals surface area contributed by atoms with Crippen molar-refractivity contribution in [1.29, 1.82) is 5.26 Å². The van der Waals surface area contributed by atoms with Crippen molar-refractivity contribution < 1.29 is 0 Å². The third-order valence-electron chi connectivity index (χ3n) is 3.21. The molecule has 0 amide bonds. The molecule has 1 saturated carbocycles. The number of nitrogens with zero attached hydrogens (tertiary/aromatic N) is 3. The molecule has 4 nitrogen and oxygen atoms in total. The predicted molar refractivity (Wildman–Crippen MR) is 69.5 cm³/mol. The van der Waals surface area contributed by atoms with E-state index in [4.69, 9.17) is 16.9 Å². The average molecular weight is 266 g/mol. The van der Waals surface area contributed by atoms with Crippen molar-refractivity contribution in [3.63, 3.8) is 0 Å². The quantitative estimate of drug-likeness (QED) is 0.787. The van der Waals surface area contributed by atoms with Crippen molar-refractivity contribution in [3.8, 4) is 6.07 Å². The maximum Gasteiger partial charge on any atom is 0.254 e. The fraction of sp³-hybridized carbons (Fsp3) is 0.615. The lowest BCUT2D eigenvalue weighted by Gasteiger charge is -2.17. The lowest BCUT2D eigenvalue weighted by atomic mass is 9.91. The molecule has 0 saturated heterocycles. The normalized spacial score (nSPS) is 15.4. The van der Waals surface area contributed by atoms with Crippen LogP contribution in [-0.2, 0) is 6.54 Å². The summed E-state index contributed by atoms with van der Waals surface area (Å²) >= 11 is 5.83. The van der Waals surface area contributed by atoms with Gasteiger partial charge in [0.1, 0.15) is 11.0 Å². The Kier molecular flexibility index (Phi) is 3.45. The molecule has 1 aromatic heterocycles. The van der Waals surface area contributed by atoms with Crippen molar-refractivity contribution in [3.05, 3.63) is 27.4 Å². The van der Waals surface area contributed by atoms with Gasteiger partial charge in [0.05, 0.1) is 11.5 Å². The van der Waals surface area contributed by atoms with Gasteiger partial charge in [-0.3, -0.25) is 9.36 Å². The van der Waals surface area contributed by atoms with E-state index in [0.29, 0.717) is 18.9 Å². The minimum Gasteiger partial charge on any atom is -0.296 e. The first kappa shape index (κ1) is 13.1. The molecular weight excluding hydrogens is 250 g/mol. The third-order valence-corrected chi connectivity index (χ3v) is 3.41. The van der Waals surface area contributed by atoms with Gasteiger partial charge in [-0.15, -0.1) is 0 Å². The Hall–Kier alpha value is -1.34. The Morgan fingerprint density at radius 3 is 2.83 bits per heavy atom. The Balaban J connectivity index is 2.27. The summed E-state index contributed by atoms with van der Waals surface area (Å²) in [4.78, 5) is 16.2. The molecule has 1 aromatic rings. The van der Waals surface area contributed by atoms with E-state index in [0.717, 1.165) is 18.7 Å². The summed E-state index contributed by atoms with van der Waals surface area (Å²) in [6, 6.07) is 3.58. The minimum absolute atomic E-state index is 0.120. The van der Waals surface area contributed by atoms with Gasteiger partial charge < -0.3 is 0 Å². The van der Waals surface area contributed by atoms with Crippen LogP contribution < -0.4 is 5.56 Å². The van der Waals surface area contributed by atoms with Gasteiger partial charge in [0, 0.05) is 18.5 Å². The summed E-state index contributed by atoms with van der Waals surface area (Å²) < 4.78 is 1.67. The van der Waals surface area contributed by atoms with Crippen LogP contribution in [0, 0.1) is 16.7 Å². The van der Waals surface area contributed by atoms with Crippen LogP contribution in [0.25, 0.3) is 0 Å². The maximum absolute atomic E-state index is 12.0. The van der Waals surface area contributed by atoms with Gasteiger partial charge in [-0.25, -0.2) is 4.98 Å². The van der Waals surface area contributed by atoms with E-state index in [1.165, 1.54) is 6.07 Å². The molecule has 0 aromatic carbocycles. The monoisotopic (exact) mass is 265 g/mol. The van der Waals surface area contributed by atoms with E-state index in [-0.39, 0.29) is 10.7 Å². The second-order valence-electron chi connectivity index (χ2n) is 5.45. The zero-order chi connectivity index (χ0) is 13.3. The van der Waals surface area contributed by atoms with Crippen LogP contribution in [0.3, 0.4) is 0 Å². The van der Waals surface area contributed by atoms with E-state index < -0.39 is 5.41 Å². The molecule has 1 aliphatic carbocycles. The van der Waals surface area contributed by atoms with Crippen molar-refractivity contribution in [2.75, 3.05) is 0 Å². The van der Waals surface area contributed by atoms with Gasteiger partial charge in [0.25, 0.3) is 5.56 Å². The largest absolute Gasteiger partial charge is 0.296 e. The zero-order valence-corrected chi connectivity index (χ0v) is 11.4. The Labute approximate surface area is 111 Å². The SMILES string of the molecule is CC(C)(C#N)CCn1c(C2CC2)nc(Cl)cc1=O. The smallest absolute Gasteiger partial charge is 0.254 e. The molecule has 0 spiro atoms. The number of rotatable bonds is 4. The lowest BCUT2D eigenvalue weighted by molar-refractivity contribution is 0.401. The fourth-order valence-electron chi connectivity index (χ4n) is 1.82. The summed E-state index contributed by atoms with van der Waals surface area (Å²) in [5.74, 6) is 1.14. The Morgan fingerprint density at radius 1 is 1.61 bits per heavy atom. The molecule has 1 heterocycles. The molecule has 0 aliphatic heterocycles. The fourth-order valence-corrected chi connectivity index (χ4v) is 2.00. The van der Waals surface area contributed by atoms with E-state index in [1.807, 2.05) is 13.8 Å². The number of nitriles is 1. The molecule has 1 aliphatic rings. The second-order valence-corrected chi connectivity index (χ2v) is 5.83. The predicted octanol–water partition coefficient (Wildman–Crippen LogP) is 2.71. The first-order chi connectivity index (χ1) is 8.43. The summed E-state index contributed by atoms with van der Waals surface area (Å²) in [5.41, 5.74) is -0.550. The summed E-state index contributed by atoms with van der Waals surface area (Å²) in [6.07, 6.45) is 2.76.